The van der Waals surface area contributed by atoms with Gasteiger partial charge in [-0.15, -0.1) is 0 Å². The number of ether oxygens (including phenoxy) is 4. The third kappa shape index (κ3) is 68.5. The molecule has 19 heteroatoms. The van der Waals surface area contributed by atoms with Crippen molar-refractivity contribution in [2.24, 2.45) is 23.7 Å². The smallest absolute Gasteiger partial charge is 0.462 e. The van der Waals surface area contributed by atoms with Crippen LogP contribution in [0.5, 0.6) is 0 Å². The van der Waals surface area contributed by atoms with Gasteiger partial charge in [-0.2, -0.15) is 0 Å². The number of esters is 4. The summed E-state index contributed by atoms with van der Waals surface area (Å²) in [6, 6.07) is 0. The van der Waals surface area contributed by atoms with Crippen LogP contribution in [0, 0.1) is 23.7 Å². The molecule has 0 spiro atoms. The van der Waals surface area contributed by atoms with E-state index < -0.39 is 97.5 Å². The molecule has 582 valence electrons. The molecule has 0 amide bonds. The maximum atomic E-state index is 13.1. The van der Waals surface area contributed by atoms with Crippen molar-refractivity contribution in [3.63, 3.8) is 0 Å². The first-order valence-corrected chi connectivity index (χ1v) is 43.8. The monoisotopic (exact) mass is 1440 g/mol. The first-order chi connectivity index (χ1) is 47.2. The normalized spacial score (nSPS) is 14.9. The zero-order valence-electron chi connectivity index (χ0n) is 64.4. The molecule has 0 heterocycles. The number of aliphatic hydroxyl groups excluding tert-OH is 1. The first-order valence-electron chi connectivity index (χ1n) is 40.8. The minimum Gasteiger partial charge on any atom is -0.462 e. The molecule has 0 aliphatic rings. The van der Waals surface area contributed by atoms with Gasteiger partial charge >= 0.3 is 39.5 Å². The lowest BCUT2D eigenvalue weighted by atomic mass is 9.99. The van der Waals surface area contributed by atoms with Gasteiger partial charge in [-0.05, 0) is 49.4 Å². The van der Waals surface area contributed by atoms with Crippen LogP contribution in [0.1, 0.15) is 402 Å². The lowest BCUT2D eigenvalue weighted by Gasteiger charge is -2.21. The second-order valence-corrected chi connectivity index (χ2v) is 32.6. The van der Waals surface area contributed by atoms with E-state index in [1.165, 1.54) is 199 Å². The third-order valence-electron chi connectivity index (χ3n) is 19.4. The molecule has 17 nitrogen and oxygen atoms in total. The number of unbranched alkanes of at least 4 members (excludes halogenated alkanes) is 39. The number of phosphoric acid groups is 2. The van der Waals surface area contributed by atoms with E-state index in [9.17, 15) is 43.2 Å². The molecule has 3 N–H and O–H groups in total. The fourth-order valence-corrected chi connectivity index (χ4v) is 13.6. The standard InChI is InChI=1S/C79H154O17P2/c1-9-70(6)56-48-40-32-26-22-18-15-16-20-24-28-36-46-54-61-78(83)95-74(65-89-76(81)59-51-43-34-30-29-33-41-49-57-71(7)10-2)67-93-97(85,86)91-63-73(80)64-92-98(87,88)94-68-75(66-90-77(82)60-52-44-38-37-42-50-58-72(8)11-3)96-79(84)62-53-45-35-27-23-19-14-12-13-17-21-25-31-39-47-55-69(4)5/h69-75,80H,9-68H2,1-8H3,(H,85,86)(H,87,88)/t70?,71?,72?,73-,74-,75-/m1/s1. The van der Waals surface area contributed by atoms with E-state index in [0.717, 1.165) is 120 Å². The lowest BCUT2D eigenvalue weighted by Crippen LogP contribution is -2.30. The first kappa shape index (κ1) is 96.1. The molecule has 0 aromatic rings. The minimum absolute atomic E-state index is 0.106. The van der Waals surface area contributed by atoms with E-state index in [4.69, 9.17) is 37.0 Å². The Bertz CT molecular complexity index is 1930. The molecular weight excluding hydrogens is 1280 g/mol. The van der Waals surface area contributed by atoms with E-state index in [1.54, 1.807) is 0 Å². The molecular formula is C79H154O17P2. The van der Waals surface area contributed by atoms with Crippen LogP contribution in [0.2, 0.25) is 0 Å². The van der Waals surface area contributed by atoms with Crippen molar-refractivity contribution >= 4 is 39.5 Å². The van der Waals surface area contributed by atoms with Crippen LogP contribution in [-0.4, -0.2) is 96.7 Å². The van der Waals surface area contributed by atoms with Crippen molar-refractivity contribution < 1.29 is 80.2 Å². The molecule has 0 rings (SSSR count). The molecule has 0 saturated carbocycles. The Morgan fingerprint density at radius 3 is 0.724 bits per heavy atom. The summed E-state index contributed by atoms with van der Waals surface area (Å²) in [5.41, 5.74) is 0. The Labute approximate surface area is 600 Å². The molecule has 0 aliphatic carbocycles. The Morgan fingerprint density at radius 1 is 0.286 bits per heavy atom. The summed E-state index contributed by atoms with van der Waals surface area (Å²) in [5, 5.41) is 10.6. The van der Waals surface area contributed by atoms with E-state index in [-0.39, 0.29) is 25.7 Å². The van der Waals surface area contributed by atoms with Crippen molar-refractivity contribution in [1.82, 2.24) is 0 Å². The predicted octanol–water partition coefficient (Wildman–Crippen LogP) is 23.2. The molecule has 0 aliphatic heterocycles. The highest BCUT2D eigenvalue weighted by Crippen LogP contribution is 2.45. The Hall–Kier alpha value is -1.94. The Balaban J connectivity index is 5.24. The van der Waals surface area contributed by atoms with Crippen molar-refractivity contribution in [1.29, 1.82) is 0 Å². The van der Waals surface area contributed by atoms with Crippen LogP contribution in [0.4, 0.5) is 0 Å². The Kier molecular flexibility index (Phi) is 66.8. The maximum absolute atomic E-state index is 13.1. The molecule has 5 unspecified atom stereocenters. The SMILES string of the molecule is CCC(C)CCCCCCCCCCCCCCCCC(=O)O[C@H](COC(=O)CCCCCCCCCCC(C)CC)COP(=O)(O)OC[C@@H](O)COP(=O)(O)OC[C@@H](COC(=O)CCCCCCCCC(C)CC)OC(=O)CCCCCCCCCCCCCCCCCC(C)C. The number of rotatable bonds is 76. The molecule has 0 aromatic heterocycles. The van der Waals surface area contributed by atoms with Gasteiger partial charge in [0.05, 0.1) is 26.4 Å². The number of carbonyl (C=O) groups excluding carboxylic acids is 4. The average Bonchev–Trinajstić information content (AvgIpc) is 1.04. The fraction of sp³-hybridized carbons (Fsp3) is 0.949. The second-order valence-electron chi connectivity index (χ2n) is 29.7. The van der Waals surface area contributed by atoms with Crippen molar-refractivity contribution in [3.05, 3.63) is 0 Å². The molecule has 8 atom stereocenters. The van der Waals surface area contributed by atoms with Crippen molar-refractivity contribution in [2.75, 3.05) is 39.6 Å². The van der Waals surface area contributed by atoms with Crippen LogP contribution < -0.4 is 0 Å². The van der Waals surface area contributed by atoms with Crippen molar-refractivity contribution in [2.45, 2.75) is 420 Å². The number of aliphatic hydroxyl groups is 1. The topological polar surface area (TPSA) is 237 Å². The Morgan fingerprint density at radius 2 is 0.490 bits per heavy atom. The van der Waals surface area contributed by atoms with Gasteiger partial charge in [-0.1, -0.05) is 351 Å². The van der Waals surface area contributed by atoms with Crippen LogP contribution in [0.25, 0.3) is 0 Å². The highest BCUT2D eigenvalue weighted by atomic mass is 31.2. The van der Waals surface area contributed by atoms with E-state index in [2.05, 4.69) is 55.4 Å². The summed E-state index contributed by atoms with van der Waals surface area (Å²) in [6.07, 6.45) is 54.0. The molecule has 0 radical (unpaired) electrons. The number of hydrogen-bond donors (Lipinski definition) is 3. The summed E-state index contributed by atoms with van der Waals surface area (Å²) in [7, 11) is -9.92. The van der Waals surface area contributed by atoms with E-state index >= 15 is 0 Å². The zero-order chi connectivity index (χ0) is 72.4. The van der Waals surface area contributed by atoms with Crippen LogP contribution in [-0.2, 0) is 65.4 Å². The third-order valence-corrected chi connectivity index (χ3v) is 21.3. The van der Waals surface area contributed by atoms with Gasteiger partial charge in [-0.3, -0.25) is 37.3 Å². The summed E-state index contributed by atoms with van der Waals surface area (Å²) >= 11 is 0. The molecule has 0 saturated heterocycles. The summed E-state index contributed by atoms with van der Waals surface area (Å²) < 4.78 is 68.6. The number of hydrogen-bond acceptors (Lipinski definition) is 15. The van der Waals surface area contributed by atoms with E-state index in [1.807, 2.05) is 0 Å². The fourth-order valence-electron chi connectivity index (χ4n) is 12.0. The maximum Gasteiger partial charge on any atom is 0.472 e. The average molecular weight is 1440 g/mol. The predicted molar refractivity (Wildman–Crippen MR) is 400 cm³/mol. The molecule has 0 bridgehead atoms. The van der Waals surface area contributed by atoms with Gasteiger partial charge < -0.3 is 33.8 Å². The number of phosphoric ester groups is 2. The highest BCUT2D eigenvalue weighted by Gasteiger charge is 2.30. The highest BCUT2D eigenvalue weighted by molar-refractivity contribution is 7.47. The number of carbonyl (C=O) groups is 4. The molecule has 0 fully saturated rings. The molecule has 0 aromatic carbocycles. The van der Waals surface area contributed by atoms with Crippen LogP contribution >= 0.6 is 15.6 Å². The van der Waals surface area contributed by atoms with Crippen LogP contribution in [0.15, 0.2) is 0 Å². The molecule has 98 heavy (non-hydrogen) atoms. The van der Waals surface area contributed by atoms with Crippen molar-refractivity contribution in [3.8, 4) is 0 Å². The van der Waals surface area contributed by atoms with Gasteiger partial charge in [0.2, 0.25) is 0 Å². The van der Waals surface area contributed by atoms with Gasteiger partial charge in [-0.25, -0.2) is 9.13 Å². The summed E-state index contributed by atoms with van der Waals surface area (Å²) in [4.78, 5) is 72.9. The minimum atomic E-state index is -4.96. The van der Waals surface area contributed by atoms with Gasteiger partial charge in [0.25, 0.3) is 0 Å². The largest absolute Gasteiger partial charge is 0.472 e. The van der Waals surface area contributed by atoms with E-state index in [0.29, 0.717) is 25.7 Å². The summed E-state index contributed by atoms with van der Waals surface area (Å²) in [6.45, 7) is 14.3. The lowest BCUT2D eigenvalue weighted by molar-refractivity contribution is -0.161. The van der Waals surface area contributed by atoms with Gasteiger partial charge in [0.1, 0.15) is 19.3 Å². The van der Waals surface area contributed by atoms with Crippen LogP contribution in [0.3, 0.4) is 0 Å². The van der Waals surface area contributed by atoms with Gasteiger partial charge in [0, 0.05) is 25.7 Å². The second kappa shape index (κ2) is 68.2. The quantitative estimate of drug-likeness (QED) is 0.0222. The zero-order valence-corrected chi connectivity index (χ0v) is 66.2. The summed E-state index contributed by atoms with van der Waals surface area (Å²) in [5.74, 6) is 1.04. The van der Waals surface area contributed by atoms with Gasteiger partial charge in [0.15, 0.2) is 12.2 Å².